The molecular formula is C5H9N2O. The van der Waals surface area contributed by atoms with Crippen molar-refractivity contribution in [3.8, 4) is 0 Å². The van der Waals surface area contributed by atoms with Gasteiger partial charge in [-0.1, -0.05) is 0 Å². The van der Waals surface area contributed by atoms with Crippen molar-refractivity contribution in [1.82, 2.24) is 10.2 Å². The third-order valence-corrected chi connectivity index (χ3v) is 1.15. The number of nitrogens with one attached hydrogen (secondary N) is 1. The molecule has 1 amide bonds. The largest absolute Gasteiger partial charge is 0.338 e. The van der Waals surface area contributed by atoms with Crippen molar-refractivity contribution >= 4 is 6.41 Å². The molecule has 0 unspecified atom stereocenters. The highest BCUT2D eigenvalue weighted by molar-refractivity contribution is 5.48. The maximum atomic E-state index is 10.0. The molecule has 1 aliphatic rings. The second-order valence-electron chi connectivity index (χ2n) is 1.73. The Balaban J connectivity index is 2.22. The molecule has 1 radical (unpaired) electrons. The van der Waals surface area contributed by atoms with Gasteiger partial charge in [0, 0.05) is 19.6 Å². The Morgan fingerprint density at radius 2 is 2.62 bits per heavy atom. The van der Waals surface area contributed by atoms with E-state index in [1.54, 1.807) is 4.90 Å². The highest BCUT2D eigenvalue weighted by Gasteiger charge is 2.04. The summed E-state index contributed by atoms with van der Waals surface area (Å²) in [5, 5.41) is 3.09. The van der Waals surface area contributed by atoms with E-state index in [1.165, 1.54) is 0 Å². The lowest BCUT2D eigenvalue weighted by Crippen LogP contribution is -2.38. The van der Waals surface area contributed by atoms with Crippen molar-refractivity contribution in [2.45, 2.75) is 0 Å². The number of nitrogens with zero attached hydrogens (tertiary/aromatic N) is 1. The summed E-state index contributed by atoms with van der Waals surface area (Å²) in [6, 6.07) is 0. The fourth-order valence-electron chi connectivity index (χ4n) is 0.679. The Bertz CT molecular complexity index is 78.5. The molecule has 0 aromatic carbocycles. The number of hydrogen-bond donors (Lipinski definition) is 1. The first-order valence-electron chi connectivity index (χ1n) is 2.68. The molecule has 1 saturated heterocycles. The van der Waals surface area contributed by atoms with E-state index in [9.17, 15) is 4.79 Å². The number of rotatable bonds is 1. The Hall–Kier alpha value is -0.570. The predicted molar refractivity (Wildman–Crippen MR) is 29.9 cm³/mol. The molecule has 1 N–H and O–H groups in total. The molecule has 3 heteroatoms. The van der Waals surface area contributed by atoms with Gasteiger partial charge < -0.3 is 10.2 Å². The van der Waals surface area contributed by atoms with Crippen molar-refractivity contribution in [2.75, 3.05) is 19.6 Å². The van der Waals surface area contributed by atoms with E-state index in [2.05, 4.69) is 5.32 Å². The van der Waals surface area contributed by atoms with Gasteiger partial charge >= 0.3 is 0 Å². The molecule has 1 fully saturated rings. The van der Waals surface area contributed by atoms with Gasteiger partial charge in [-0.15, -0.1) is 0 Å². The monoisotopic (exact) mass is 113 g/mol. The van der Waals surface area contributed by atoms with Gasteiger partial charge in [-0.2, -0.15) is 0 Å². The van der Waals surface area contributed by atoms with Crippen molar-refractivity contribution in [1.29, 1.82) is 0 Å². The predicted octanol–water partition coefficient (Wildman–Crippen LogP) is -0.790. The Kier molecular flexibility index (Phi) is 1.86. The zero-order chi connectivity index (χ0) is 5.82. The topological polar surface area (TPSA) is 32.3 Å². The number of amides is 1. The normalized spacial score (nSPS) is 20.8. The van der Waals surface area contributed by atoms with Gasteiger partial charge in [0.05, 0.1) is 6.54 Å². The molecule has 0 bridgehead atoms. The molecule has 0 atom stereocenters. The quantitative estimate of drug-likeness (QED) is 0.452. The molecule has 8 heavy (non-hydrogen) atoms. The first-order valence-corrected chi connectivity index (χ1v) is 2.68. The van der Waals surface area contributed by atoms with Crippen molar-refractivity contribution < 1.29 is 4.79 Å². The van der Waals surface area contributed by atoms with Gasteiger partial charge in [0.1, 0.15) is 0 Å². The van der Waals surface area contributed by atoms with Crippen LogP contribution in [0.15, 0.2) is 0 Å². The van der Waals surface area contributed by atoms with Gasteiger partial charge in [-0.25, -0.2) is 0 Å². The molecule has 1 heterocycles. The third kappa shape index (κ3) is 1.20. The van der Waals surface area contributed by atoms with E-state index in [4.69, 9.17) is 0 Å². The summed E-state index contributed by atoms with van der Waals surface area (Å²) < 4.78 is 0. The average molecular weight is 113 g/mol. The molecule has 1 aliphatic heterocycles. The van der Waals surface area contributed by atoms with Crippen LogP contribution in [-0.2, 0) is 4.79 Å². The minimum Gasteiger partial charge on any atom is -0.338 e. The second-order valence-corrected chi connectivity index (χ2v) is 1.73. The Labute approximate surface area is 48.7 Å². The minimum absolute atomic E-state index is 0.809. The summed E-state index contributed by atoms with van der Waals surface area (Å²) in [7, 11) is 0. The van der Waals surface area contributed by atoms with Crippen LogP contribution in [0, 0.1) is 6.54 Å². The van der Waals surface area contributed by atoms with E-state index in [-0.39, 0.29) is 0 Å². The first-order chi connectivity index (χ1) is 3.93. The molecule has 0 spiro atoms. The van der Waals surface area contributed by atoms with Crippen molar-refractivity contribution in [3.63, 3.8) is 0 Å². The van der Waals surface area contributed by atoms with Gasteiger partial charge in [0.2, 0.25) is 6.41 Å². The SMILES string of the molecule is O=CN1[CH]CNCC1. The highest BCUT2D eigenvalue weighted by Crippen LogP contribution is 1.89. The number of piperazine rings is 1. The Morgan fingerprint density at radius 3 is 3.00 bits per heavy atom. The fraction of sp³-hybridized carbons (Fsp3) is 0.600. The average Bonchev–Trinajstić information content (AvgIpc) is 1.90. The van der Waals surface area contributed by atoms with Gasteiger partial charge in [-0.3, -0.25) is 4.79 Å². The van der Waals surface area contributed by atoms with E-state index in [1.807, 2.05) is 6.54 Å². The Morgan fingerprint density at radius 1 is 1.75 bits per heavy atom. The van der Waals surface area contributed by atoms with Crippen molar-refractivity contribution in [3.05, 3.63) is 6.54 Å². The summed E-state index contributed by atoms with van der Waals surface area (Å²) in [5.41, 5.74) is 0. The van der Waals surface area contributed by atoms with Crippen LogP contribution < -0.4 is 5.32 Å². The smallest absolute Gasteiger partial charge is 0.210 e. The standard InChI is InChI=1S/C5H9N2O/c8-5-7-3-1-6-2-4-7/h3,5-6H,1-2,4H2. The lowest BCUT2D eigenvalue weighted by atomic mass is 10.4. The number of carbonyl (C=O) groups excluding carboxylic acids is 1. The lowest BCUT2D eigenvalue weighted by Gasteiger charge is -2.21. The van der Waals surface area contributed by atoms with E-state index in [0.717, 1.165) is 26.0 Å². The second kappa shape index (κ2) is 2.67. The molecule has 45 valence electrons. The van der Waals surface area contributed by atoms with E-state index in [0.29, 0.717) is 0 Å². The van der Waals surface area contributed by atoms with Crippen molar-refractivity contribution in [2.24, 2.45) is 0 Å². The summed E-state index contributed by atoms with van der Waals surface area (Å²) in [5.74, 6) is 0. The molecular weight excluding hydrogens is 104 g/mol. The van der Waals surface area contributed by atoms with Crippen LogP contribution in [0.4, 0.5) is 0 Å². The lowest BCUT2D eigenvalue weighted by molar-refractivity contribution is -0.117. The van der Waals surface area contributed by atoms with Crippen LogP contribution in [0.3, 0.4) is 0 Å². The van der Waals surface area contributed by atoms with Gasteiger partial charge in [0.25, 0.3) is 0 Å². The maximum absolute atomic E-state index is 10.0. The van der Waals surface area contributed by atoms with Gasteiger partial charge in [0.15, 0.2) is 0 Å². The van der Waals surface area contributed by atoms with E-state index < -0.39 is 0 Å². The van der Waals surface area contributed by atoms with Gasteiger partial charge in [-0.05, 0) is 0 Å². The molecule has 3 nitrogen and oxygen atoms in total. The van der Waals surface area contributed by atoms with Crippen LogP contribution >= 0.6 is 0 Å². The third-order valence-electron chi connectivity index (χ3n) is 1.15. The minimum atomic E-state index is 0.809. The van der Waals surface area contributed by atoms with Crippen LogP contribution in [-0.4, -0.2) is 30.9 Å². The molecule has 0 aromatic heterocycles. The first kappa shape index (κ1) is 5.56. The summed E-state index contributed by atoms with van der Waals surface area (Å²) >= 11 is 0. The molecule has 0 aliphatic carbocycles. The molecule has 1 rings (SSSR count). The molecule has 0 aromatic rings. The summed E-state index contributed by atoms with van der Waals surface area (Å²) in [6.45, 7) is 4.38. The molecule has 0 saturated carbocycles. The van der Waals surface area contributed by atoms with Crippen LogP contribution in [0.5, 0.6) is 0 Å². The summed E-state index contributed by atoms with van der Waals surface area (Å²) in [6.07, 6.45) is 0.848. The fourth-order valence-corrected chi connectivity index (χ4v) is 0.679. The van der Waals surface area contributed by atoms with Crippen LogP contribution in [0.1, 0.15) is 0 Å². The number of carbonyl (C=O) groups is 1. The summed E-state index contributed by atoms with van der Waals surface area (Å²) in [4.78, 5) is 11.7. The maximum Gasteiger partial charge on any atom is 0.210 e. The van der Waals surface area contributed by atoms with E-state index >= 15 is 0 Å². The highest BCUT2D eigenvalue weighted by atomic mass is 16.1. The van der Waals surface area contributed by atoms with Crippen LogP contribution in [0.25, 0.3) is 0 Å². The number of hydrogen-bond acceptors (Lipinski definition) is 2. The van der Waals surface area contributed by atoms with Crippen LogP contribution in [0.2, 0.25) is 0 Å². The zero-order valence-corrected chi connectivity index (χ0v) is 4.63. The zero-order valence-electron chi connectivity index (χ0n) is 4.63.